The molecule has 0 atom stereocenters. The molecule has 4 N–H and O–H groups in total. The summed E-state index contributed by atoms with van der Waals surface area (Å²) in [5, 5.41) is 5.82. The Balaban J connectivity index is 1.69. The molecule has 0 aliphatic heterocycles. The fraction of sp³-hybridized carbons (Fsp3) is 0.400. The summed E-state index contributed by atoms with van der Waals surface area (Å²) in [5.41, 5.74) is 9.83. The Kier molecular flexibility index (Phi) is 10.4. The van der Waals surface area contributed by atoms with Crippen LogP contribution >= 0.6 is 0 Å². The number of hydrogen-bond acceptors (Lipinski definition) is 7. The van der Waals surface area contributed by atoms with Gasteiger partial charge in [-0.3, -0.25) is 9.59 Å². The molecule has 0 bridgehead atoms. The molecule has 3 rings (SSSR count). The quantitative estimate of drug-likeness (QED) is 0.238. The third-order valence-corrected chi connectivity index (χ3v) is 6.12. The van der Waals surface area contributed by atoms with E-state index in [0.717, 1.165) is 17.5 Å². The van der Waals surface area contributed by atoms with E-state index < -0.39 is 0 Å². The molecule has 9 heteroatoms. The molecule has 0 spiro atoms. The topological polar surface area (TPSA) is 122 Å². The number of hydrogen-bond donors (Lipinski definition) is 3. The van der Waals surface area contributed by atoms with Gasteiger partial charge in [0.05, 0.1) is 25.4 Å². The van der Waals surface area contributed by atoms with Gasteiger partial charge in [0.25, 0.3) is 5.91 Å². The third kappa shape index (κ3) is 9.68. The number of methoxy groups -OCH3 is 1. The van der Waals surface area contributed by atoms with Crippen LogP contribution in [0.1, 0.15) is 49.1 Å². The molecule has 1 aromatic heterocycles. The van der Waals surface area contributed by atoms with E-state index >= 15 is 0 Å². The number of nitrogens with two attached hydrogens (primary N) is 1. The number of nitrogens with one attached hydrogen (secondary N) is 2. The van der Waals surface area contributed by atoms with Crippen LogP contribution in [-0.2, 0) is 16.1 Å². The molecule has 0 aliphatic rings. The minimum absolute atomic E-state index is 0.0904. The van der Waals surface area contributed by atoms with Crippen LogP contribution in [0.15, 0.2) is 54.6 Å². The summed E-state index contributed by atoms with van der Waals surface area (Å²) in [6, 6.07) is 16.9. The monoisotopic (exact) mass is 532 g/mol. The minimum atomic E-state index is -0.196. The first-order chi connectivity index (χ1) is 18.5. The highest BCUT2D eigenvalue weighted by Gasteiger charge is 2.19. The van der Waals surface area contributed by atoms with Crippen molar-refractivity contribution < 1.29 is 14.3 Å². The molecule has 0 saturated heterocycles. The molecule has 0 aliphatic carbocycles. The van der Waals surface area contributed by atoms with Crippen molar-refractivity contribution in [2.45, 2.75) is 40.7 Å². The number of benzene rings is 2. The summed E-state index contributed by atoms with van der Waals surface area (Å²) in [5.74, 6) is 0.934. The van der Waals surface area contributed by atoms with Crippen LogP contribution in [0.3, 0.4) is 0 Å². The maximum atomic E-state index is 12.9. The molecular weight excluding hydrogens is 492 g/mol. The Hall–Kier alpha value is -3.98. The molecule has 9 nitrogen and oxygen atoms in total. The van der Waals surface area contributed by atoms with Crippen molar-refractivity contribution in [2.24, 2.45) is 5.41 Å². The van der Waals surface area contributed by atoms with Gasteiger partial charge >= 0.3 is 0 Å². The Morgan fingerprint density at radius 1 is 0.974 bits per heavy atom. The van der Waals surface area contributed by atoms with Gasteiger partial charge in [0.1, 0.15) is 11.6 Å². The lowest BCUT2D eigenvalue weighted by molar-refractivity contribution is -0.120. The Bertz CT molecular complexity index is 1240. The average molecular weight is 533 g/mol. The fourth-order valence-corrected chi connectivity index (χ4v) is 3.89. The Labute approximate surface area is 231 Å². The van der Waals surface area contributed by atoms with E-state index in [4.69, 9.17) is 10.5 Å². The second kappa shape index (κ2) is 13.7. The SMILES string of the molecule is COCCNC(=O)CN(CCC(C)(C)C)c1cc(CNC(=O)c2ccc(-c3ccc(N)cc3)cc2)nc(C)n1. The molecule has 39 heavy (non-hydrogen) atoms. The van der Waals surface area contributed by atoms with Crippen LogP contribution in [0.25, 0.3) is 11.1 Å². The summed E-state index contributed by atoms with van der Waals surface area (Å²) < 4.78 is 5.03. The van der Waals surface area contributed by atoms with Gasteiger partial charge < -0.3 is 26.0 Å². The lowest BCUT2D eigenvalue weighted by Crippen LogP contribution is -2.40. The summed E-state index contributed by atoms with van der Waals surface area (Å²) >= 11 is 0. The molecule has 2 aromatic carbocycles. The van der Waals surface area contributed by atoms with E-state index in [1.54, 1.807) is 19.2 Å². The van der Waals surface area contributed by atoms with Gasteiger partial charge in [-0.1, -0.05) is 45.0 Å². The zero-order valence-electron chi connectivity index (χ0n) is 23.6. The number of carbonyl (C=O) groups excluding carboxylic acids is 2. The van der Waals surface area contributed by atoms with Crippen molar-refractivity contribution in [1.82, 2.24) is 20.6 Å². The molecule has 3 aromatic rings. The normalized spacial score (nSPS) is 11.2. The van der Waals surface area contributed by atoms with Crippen LogP contribution in [0.5, 0.6) is 0 Å². The van der Waals surface area contributed by atoms with Gasteiger partial charge in [0.2, 0.25) is 5.91 Å². The van der Waals surface area contributed by atoms with E-state index in [9.17, 15) is 9.59 Å². The zero-order chi connectivity index (χ0) is 28.4. The molecule has 208 valence electrons. The van der Waals surface area contributed by atoms with Gasteiger partial charge in [-0.2, -0.15) is 0 Å². The third-order valence-electron chi connectivity index (χ3n) is 6.12. The molecule has 0 fully saturated rings. The number of aromatic nitrogens is 2. The van der Waals surface area contributed by atoms with Gasteiger partial charge in [-0.15, -0.1) is 0 Å². The van der Waals surface area contributed by atoms with E-state index in [2.05, 4.69) is 41.4 Å². The van der Waals surface area contributed by atoms with Crippen molar-refractivity contribution in [3.8, 4) is 11.1 Å². The number of rotatable bonds is 12. The molecule has 0 saturated carbocycles. The van der Waals surface area contributed by atoms with Crippen molar-refractivity contribution >= 4 is 23.3 Å². The van der Waals surface area contributed by atoms with Gasteiger partial charge in [0, 0.05) is 37.5 Å². The highest BCUT2D eigenvalue weighted by atomic mass is 16.5. The van der Waals surface area contributed by atoms with E-state index in [-0.39, 0.29) is 30.3 Å². The molecule has 1 heterocycles. The Morgan fingerprint density at radius 3 is 2.23 bits per heavy atom. The minimum Gasteiger partial charge on any atom is -0.399 e. The fourth-order valence-electron chi connectivity index (χ4n) is 3.89. The number of anilines is 2. The Morgan fingerprint density at radius 2 is 1.62 bits per heavy atom. The van der Waals surface area contributed by atoms with Crippen LogP contribution < -0.4 is 21.3 Å². The zero-order valence-corrected chi connectivity index (χ0v) is 23.6. The summed E-state index contributed by atoms with van der Waals surface area (Å²) in [6.45, 7) is 10.3. The smallest absolute Gasteiger partial charge is 0.251 e. The van der Waals surface area contributed by atoms with Gasteiger partial charge in [0.15, 0.2) is 0 Å². The van der Waals surface area contributed by atoms with Crippen molar-refractivity contribution in [3.05, 3.63) is 71.7 Å². The maximum absolute atomic E-state index is 12.9. The largest absolute Gasteiger partial charge is 0.399 e. The first-order valence-corrected chi connectivity index (χ1v) is 13.1. The number of aryl methyl sites for hydroxylation is 1. The van der Waals surface area contributed by atoms with E-state index in [1.165, 1.54) is 0 Å². The van der Waals surface area contributed by atoms with Gasteiger partial charge in [-0.25, -0.2) is 9.97 Å². The number of nitrogen functional groups attached to an aromatic ring is 1. The number of ether oxygens (including phenoxy) is 1. The molecule has 0 unspecified atom stereocenters. The van der Waals surface area contributed by atoms with Gasteiger partial charge in [-0.05, 0) is 54.2 Å². The molecular formula is C30H40N6O3. The second-order valence-electron chi connectivity index (χ2n) is 10.7. The molecule has 0 radical (unpaired) electrons. The second-order valence-corrected chi connectivity index (χ2v) is 10.7. The summed E-state index contributed by atoms with van der Waals surface area (Å²) in [4.78, 5) is 36.5. The van der Waals surface area contributed by atoms with Crippen LogP contribution in [0.4, 0.5) is 11.5 Å². The lowest BCUT2D eigenvalue weighted by Gasteiger charge is -2.28. The number of carbonyl (C=O) groups is 2. The maximum Gasteiger partial charge on any atom is 0.251 e. The van der Waals surface area contributed by atoms with Crippen LogP contribution in [-0.4, -0.2) is 55.1 Å². The number of nitrogens with zero attached hydrogens (tertiary/aromatic N) is 3. The average Bonchev–Trinajstić information content (AvgIpc) is 2.89. The van der Waals surface area contributed by atoms with Crippen molar-refractivity contribution in [3.63, 3.8) is 0 Å². The van der Waals surface area contributed by atoms with Crippen molar-refractivity contribution in [2.75, 3.05) is 44.0 Å². The van der Waals surface area contributed by atoms with E-state index in [0.29, 0.717) is 48.3 Å². The van der Waals surface area contributed by atoms with E-state index in [1.807, 2.05) is 54.3 Å². The predicted octanol–water partition coefficient (Wildman–Crippen LogP) is 3.97. The first kappa shape index (κ1) is 29.6. The molecule has 2 amide bonds. The standard InChI is InChI=1S/C30H40N6O3/c1-21-34-26(18-27(35-21)36(16-14-30(2,3)4)20-28(37)32-15-17-39-5)19-33-29(38)24-8-6-22(7-9-24)23-10-12-25(31)13-11-23/h6-13,18H,14-17,19-20,31H2,1-5H3,(H,32,37)(H,33,38). The summed E-state index contributed by atoms with van der Waals surface area (Å²) in [7, 11) is 1.60. The summed E-state index contributed by atoms with van der Waals surface area (Å²) in [6.07, 6.45) is 0.875. The van der Waals surface area contributed by atoms with Crippen LogP contribution in [0.2, 0.25) is 0 Å². The lowest BCUT2D eigenvalue weighted by atomic mass is 9.92. The predicted molar refractivity (Wildman–Crippen MR) is 155 cm³/mol. The highest BCUT2D eigenvalue weighted by molar-refractivity contribution is 5.94. The van der Waals surface area contributed by atoms with Crippen molar-refractivity contribution in [1.29, 1.82) is 0 Å². The van der Waals surface area contributed by atoms with Crippen LogP contribution in [0, 0.1) is 12.3 Å². The highest BCUT2D eigenvalue weighted by Crippen LogP contribution is 2.23. The number of amides is 2. The first-order valence-electron chi connectivity index (χ1n) is 13.1.